The highest BCUT2D eigenvalue weighted by Gasteiger charge is 2.13. The molecule has 0 fully saturated rings. The number of rotatable bonds is 9. The van der Waals surface area contributed by atoms with Gasteiger partial charge < -0.3 is 14.9 Å². The summed E-state index contributed by atoms with van der Waals surface area (Å²) in [6, 6.07) is 7.01. The van der Waals surface area contributed by atoms with Gasteiger partial charge in [0, 0.05) is 37.0 Å². The molecule has 30 heavy (non-hydrogen) atoms. The van der Waals surface area contributed by atoms with Crippen LogP contribution < -0.4 is 11.0 Å². The van der Waals surface area contributed by atoms with Gasteiger partial charge in [0.05, 0.1) is 5.69 Å². The van der Waals surface area contributed by atoms with Crippen molar-refractivity contribution >= 4 is 17.7 Å². The molecule has 2 N–H and O–H groups in total. The lowest BCUT2D eigenvalue weighted by Gasteiger charge is -2.12. The van der Waals surface area contributed by atoms with Crippen LogP contribution >= 0.6 is 11.8 Å². The molecule has 1 aromatic carbocycles. The van der Waals surface area contributed by atoms with Crippen molar-refractivity contribution in [1.82, 2.24) is 29.6 Å². The molecular formula is C21H28N6O2S. The highest BCUT2D eigenvalue weighted by Crippen LogP contribution is 2.16. The second-order valence-electron chi connectivity index (χ2n) is 7.58. The quantitative estimate of drug-likeness (QED) is 0.403. The van der Waals surface area contributed by atoms with E-state index in [9.17, 15) is 9.59 Å². The largest absolute Gasteiger partial charge is 0.352 e. The van der Waals surface area contributed by atoms with Crippen molar-refractivity contribution in [1.29, 1.82) is 0 Å². The van der Waals surface area contributed by atoms with Crippen LogP contribution in [0.5, 0.6) is 0 Å². The van der Waals surface area contributed by atoms with Crippen molar-refractivity contribution < 1.29 is 4.79 Å². The number of aromatic nitrogens is 5. The number of amides is 1. The van der Waals surface area contributed by atoms with Crippen molar-refractivity contribution in [3.63, 3.8) is 0 Å². The van der Waals surface area contributed by atoms with Gasteiger partial charge in [0.15, 0.2) is 5.16 Å². The van der Waals surface area contributed by atoms with Crippen LogP contribution in [-0.2, 0) is 13.0 Å². The molecule has 0 spiro atoms. The van der Waals surface area contributed by atoms with E-state index in [4.69, 9.17) is 0 Å². The maximum absolute atomic E-state index is 12.4. The Balaban J connectivity index is 1.54. The van der Waals surface area contributed by atoms with Crippen LogP contribution in [0, 0.1) is 12.8 Å². The molecule has 8 nitrogen and oxygen atoms in total. The van der Waals surface area contributed by atoms with Gasteiger partial charge in [-0.05, 0) is 49.8 Å². The Morgan fingerprint density at radius 2 is 1.97 bits per heavy atom. The first-order chi connectivity index (χ1) is 14.4. The first kappa shape index (κ1) is 21.9. The summed E-state index contributed by atoms with van der Waals surface area (Å²) in [6.07, 6.45) is 5.21. The molecule has 3 rings (SSSR count). The lowest BCUT2D eigenvalue weighted by molar-refractivity contribution is 0.0953. The van der Waals surface area contributed by atoms with Gasteiger partial charge in [0.2, 0.25) is 0 Å². The van der Waals surface area contributed by atoms with E-state index in [-0.39, 0.29) is 11.6 Å². The third-order valence-corrected chi connectivity index (χ3v) is 5.40. The molecule has 2 heterocycles. The fraction of sp³-hybridized carbons (Fsp3) is 0.429. The highest BCUT2D eigenvalue weighted by atomic mass is 32.2. The van der Waals surface area contributed by atoms with Crippen LogP contribution in [0.2, 0.25) is 0 Å². The Morgan fingerprint density at radius 3 is 2.57 bits per heavy atom. The zero-order valence-corrected chi connectivity index (χ0v) is 18.6. The molecule has 0 aliphatic carbocycles. The van der Waals surface area contributed by atoms with Crippen LogP contribution in [-0.4, -0.2) is 43.0 Å². The van der Waals surface area contributed by atoms with E-state index in [1.807, 2.05) is 13.2 Å². The van der Waals surface area contributed by atoms with Crippen molar-refractivity contribution in [2.45, 2.75) is 45.3 Å². The van der Waals surface area contributed by atoms with Gasteiger partial charge in [-0.15, -0.1) is 10.2 Å². The van der Waals surface area contributed by atoms with Gasteiger partial charge in [0.1, 0.15) is 5.82 Å². The lowest BCUT2D eigenvalue weighted by atomic mass is 10.2. The van der Waals surface area contributed by atoms with E-state index in [0.29, 0.717) is 18.0 Å². The van der Waals surface area contributed by atoms with Crippen LogP contribution in [0.3, 0.4) is 0 Å². The number of hydrogen-bond donors (Lipinski definition) is 2. The number of H-pyrrole nitrogens is 1. The van der Waals surface area contributed by atoms with Gasteiger partial charge in [-0.25, -0.2) is 4.79 Å². The van der Waals surface area contributed by atoms with Crippen molar-refractivity contribution in [3.05, 3.63) is 58.0 Å². The molecule has 0 bridgehead atoms. The van der Waals surface area contributed by atoms with E-state index < -0.39 is 0 Å². The summed E-state index contributed by atoms with van der Waals surface area (Å²) in [5.74, 6) is 1.34. The number of benzene rings is 1. The van der Waals surface area contributed by atoms with Gasteiger partial charge in [-0.3, -0.25) is 9.36 Å². The molecule has 0 aliphatic rings. The molecule has 2 aromatic heterocycles. The molecule has 160 valence electrons. The summed E-state index contributed by atoms with van der Waals surface area (Å²) in [4.78, 5) is 27.0. The van der Waals surface area contributed by atoms with E-state index in [0.717, 1.165) is 41.7 Å². The predicted octanol–water partition coefficient (Wildman–Crippen LogP) is 2.81. The fourth-order valence-corrected chi connectivity index (χ4v) is 3.81. The molecule has 0 saturated heterocycles. The number of nitrogens with one attached hydrogen (secondary N) is 2. The zero-order chi connectivity index (χ0) is 21.7. The van der Waals surface area contributed by atoms with E-state index in [2.05, 4.69) is 38.9 Å². The number of thioether (sulfide) groups is 1. The van der Waals surface area contributed by atoms with Crippen LogP contribution in [0.1, 0.15) is 42.1 Å². The smallest absolute Gasteiger partial charge is 0.330 e. The fourth-order valence-electron chi connectivity index (χ4n) is 3.29. The normalized spacial score (nSPS) is 11.2. The molecule has 0 unspecified atom stereocenters. The number of aryl methyl sites for hydroxylation is 2. The monoisotopic (exact) mass is 428 g/mol. The molecule has 0 aliphatic heterocycles. The molecular weight excluding hydrogens is 400 g/mol. The summed E-state index contributed by atoms with van der Waals surface area (Å²) in [7, 11) is 0. The van der Waals surface area contributed by atoms with Gasteiger partial charge >= 0.3 is 5.69 Å². The Morgan fingerprint density at radius 1 is 1.23 bits per heavy atom. The van der Waals surface area contributed by atoms with Gasteiger partial charge in [-0.1, -0.05) is 25.6 Å². The number of imidazole rings is 1. The van der Waals surface area contributed by atoms with Crippen molar-refractivity contribution in [2.24, 2.45) is 5.92 Å². The van der Waals surface area contributed by atoms with E-state index >= 15 is 0 Å². The average Bonchev–Trinajstić information content (AvgIpc) is 3.27. The Kier molecular flexibility index (Phi) is 7.15. The summed E-state index contributed by atoms with van der Waals surface area (Å²) >= 11 is 1.60. The standard InChI is InChI=1S/C21H28N6O2S/c1-14(2)13-26-18(24-25-21(26)30-4)6-5-11-22-19(28)16-7-9-17(10-8-16)27-15(3)12-23-20(27)29/h7-10,12,14H,5-6,11,13H2,1-4H3,(H,22,28)(H,23,29). The second kappa shape index (κ2) is 9.80. The van der Waals surface area contributed by atoms with Gasteiger partial charge in [0.25, 0.3) is 5.91 Å². The highest BCUT2D eigenvalue weighted by molar-refractivity contribution is 7.98. The Bertz CT molecular complexity index is 1050. The predicted molar refractivity (Wildman–Crippen MR) is 118 cm³/mol. The Labute approximate surface area is 180 Å². The molecule has 9 heteroatoms. The van der Waals surface area contributed by atoms with E-state index in [1.54, 1.807) is 46.8 Å². The number of carbonyl (C=O) groups excluding carboxylic acids is 1. The minimum Gasteiger partial charge on any atom is -0.352 e. The van der Waals surface area contributed by atoms with Crippen LogP contribution in [0.15, 0.2) is 40.4 Å². The van der Waals surface area contributed by atoms with Crippen LogP contribution in [0.25, 0.3) is 5.69 Å². The number of aromatic amines is 1. The van der Waals surface area contributed by atoms with Crippen molar-refractivity contribution in [3.8, 4) is 5.69 Å². The first-order valence-electron chi connectivity index (χ1n) is 10.0. The lowest BCUT2D eigenvalue weighted by Crippen LogP contribution is -2.25. The molecule has 0 atom stereocenters. The second-order valence-corrected chi connectivity index (χ2v) is 8.36. The van der Waals surface area contributed by atoms with Crippen molar-refractivity contribution in [2.75, 3.05) is 12.8 Å². The third-order valence-electron chi connectivity index (χ3n) is 4.73. The summed E-state index contributed by atoms with van der Waals surface area (Å²) in [5.41, 5.74) is 1.91. The summed E-state index contributed by atoms with van der Waals surface area (Å²) in [5, 5.41) is 12.4. The van der Waals surface area contributed by atoms with E-state index in [1.165, 1.54) is 0 Å². The third kappa shape index (κ3) is 5.02. The molecule has 0 saturated carbocycles. The minimum absolute atomic E-state index is 0.131. The number of hydrogen-bond acceptors (Lipinski definition) is 5. The molecule has 1 amide bonds. The maximum Gasteiger partial charge on any atom is 0.330 e. The Hall–Kier alpha value is -2.81. The zero-order valence-electron chi connectivity index (χ0n) is 17.8. The first-order valence-corrected chi connectivity index (χ1v) is 11.2. The summed E-state index contributed by atoms with van der Waals surface area (Å²) < 4.78 is 3.73. The van der Waals surface area contributed by atoms with Crippen LogP contribution in [0.4, 0.5) is 0 Å². The average molecular weight is 429 g/mol. The number of nitrogens with zero attached hydrogens (tertiary/aromatic N) is 4. The SMILES string of the molecule is CSc1nnc(CCCNC(=O)c2ccc(-n3c(C)c[nH]c3=O)cc2)n1CC(C)C. The van der Waals surface area contributed by atoms with Gasteiger partial charge in [-0.2, -0.15) is 0 Å². The maximum atomic E-state index is 12.4. The minimum atomic E-state index is -0.195. The molecule has 0 radical (unpaired) electrons. The number of carbonyl (C=O) groups is 1. The summed E-state index contributed by atoms with van der Waals surface area (Å²) in [6.45, 7) is 7.64. The topological polar surface area (TPSA) is 97.6 Å². The molecule has 3 aromatic rings.